The lowest BCUT2D eigenvalue weighted by Gasteiger charge is -2.18. The lowest BCUT2D eigenvalue weighted by molar-refractivity contribution is 0.318. The number of rotatable bonds is 7. The molecule has 8 nitrogen and oxygen atoms in total. The molecule has 0 fully saturated rings. The minimum atomic E-state index is -0.164. The fourth-order valence-electron chi connectivity index (χ4n) is 4.13. The first-order chi connectivity index (χ1) is 16.0. The summed E-state index contributed by atoms with van der Waals surface area (Å²) in [4.78, 5) is 13.4. The third-order valence-corrected chi connectivity index (χ3v) is 5.83. The Morgan fingerprint density at radius 1 is 1.00 bits per heavy atom. The first-order valence-corrected chi connectivity index (χ1v) is 11.1. The molecule has 0 spiro atoms. The monoisotopic (exact) mass is 442 g/mol. The van der Waals surface area contributed by atoms with E-state index in [9.17, 15) is 4.79 Å². The first kappa shape index (κ1) is 20.9. The highest BCUT2D eigenvalue weighted by Gasteiger charge is 2.20. The van der Waals surface area contributed by atoms with Gasteiger partial charge in [-0.1, -0.05) is 66.7 Å². The summed E-state index contributed by atoms with van der Waals surface area (Å²) in [5.74, 6) is 0.990. The summed E-state index contributed by atoms with van der Waals surface area (Å²) >= 11 is 0. The molecule has 2 aromatic carbocycles. The van der Waals surface area contributed by atoms with Crippen molar-refractivity contribution in [1.29, 1.82) is 0 Å². The standard InChI is InChI=1S/C25H26N6O2/c1-17(2)22-13-20(33-27-22)15-30-24-12-8-7-11-21(24)25(32)31(30)18(3)14-29-16-23(26-28-29)19-9-5-4-6-10-19/h4-13,16-18H,14-15H2,1-3H3. The molecule has 0 bridgehead atoms. The van der Waals surface area contributed by atoms with Gasteiger partial charge in [0, 0.05) is 11.6 Å². The van der Waals surface area contributed by atoms with E-state index in [4.69, 9.17) is 4.52 Å². The second-order valence-electron chi connectivity index (χ2n) is 8.64. The third-order valence-electron chi connectivity index (χ3n) is 5.83. The Hall–Kier alpha value is -3.94. The van der Waals surface area contributed by atoms with Gasteiger partial charge in [-0.3, -0.25) is 9.48 Å². The van der Waals surface area contributed by atoms with Crippen LogP contribution in [0, 0.1) is 0 Å². The average molecular weight is 443 g/mol. The Balaban J connectivity index is 1.49. The molecule has 168 valence electrons. The molecule has 5 aromatic rings. The third kappa shape index (κ3) is 4.00. The summed E-state index contributed by atoms with van der Waals surface area (Å²) in [6, 6.07) is 19.4. The molecule has 0 aliphatic heterocycles. The lowest BCUT2D eigenvalue weighted by Crippen LogP contribution is -2.29. The van der Waals surface area contributed by atoms with Crippen LogP contribution in [0.2, 0.25) is 0 Å². The molecule has 5 rings (SSSR count). The molecule has 33 heavy (non-hydrogen) atoms. The van der Waals surface area contributed by atoms with Crippen LogP contribution in [0.4, 0.5) is 0 Å². The van der Waals surface area contributed by atoms with Crippen molar-refractivity contribution in [3.63, 3.8) is 0 Å². The van der Waals surface area contributed by atoms with Crippen LogP contribution in [-0.4, -0.2) is 29.5 Å². The smallest absolute Gasteiger partial charge is 0.274 e. The number of hydrogen-bond donors (Lipinski definition) is 0. The van der Waals surface area contributed by atoms with Crippen molar-refractivity contribution in [1.82, 2.24) is 29.5 Å². The highest BCUT2D eigenvalue weighted by Crippen LogP contribution is 2.21. The zero-order valence-electron chi connectivity index (χ0n) is 18.9. The van der Waals surface area contributed by atoms with E-state index in [-0.39, 0.29) is 17.5 Å². The first-order valence-electron chi connectivity index (χ1n) is 11.1. The number of hydrogen-bond acceptors (Lipinski definition) is 5. The van der Waals surface area contributed by atoms with E-state index in [1.54, 1.807) is 9.36 Å². The molecule has 0 N–H and O–H groups in total. The molecule has 0 saturated carbocycles. The van der Waals surface area contributed by atoms with Crippen LogP contribution >= 0.6 is 0 Å². The molecule has 0 saturated heterocycles. The SMILES string of the molecule is CC(C)c1cc(Cn2c3ccccc3c(=O)n2C(C)Cn2cc(-c3ccccc3)nn2)on1. The number of aromatic nitrogens is 6. The summed E-state index contributed by atoms with van der Waals surface area (Å²) in [6.07, 6.45) is 1.91. The van der Waals surface area contributed by atoms with Crippen LogP contribution in [0.15, 0.2) is 76.2 Å². The molecule has 0 aliphatic rings. The van der Waals surface area contributed by atoms with Gasteiger partial charge < -0.3 is 4.52 Å². The van der Waals surface area contributed by atoms with Gasteiger partial charge in [0.25, 0.3) is 5.56 Å². The van der Waals surface area contributed by atoms with Gasteiger partial charge in [0.05, 0.1) is 35.4 Å². The Labute approximate surface area is 191 Å². The normalized spacial score (nSPS) is 12.6. The second kappa shape index (κ2) is 8.54. The van der Waals surface area contributed by atoms with Crippen molar-refractivity contribution in [2.45, 2.75) is 45.8 Å². The fourth-order valence-corrected chi connectivity index (χ4v) is 4.13. The van der Waals surface area contributed by atoms with Crippen LogP contribution in [0.1, 0.15) is 44.2 Å². The van der Waals surface area contributed by atoms with E-state index in [1.165, 1.54) is 0 Å². The van der Waals surface area contributed by atoms with Crippen LogP contribution < -0.4 is 5.56 Å². The molecule has 0 radical (unpaired) electrons. The van der Waals surface area contributed by atoms with Crippen LogP contribution in [0.5, 0.6) is 0 Å². The predicted molar refractivity (Wildman–Crippen MR) is 126 cm³/mol. The molecule has 0 amide bonds. The topological polar surface area (TPSA) is 83.7 Å². The van der Waals surface area contributed by atoms with Gasteiger partial charge in [-0.05, 0) is 25.0 Å². The lowest BCUT2D eigenvalue weighted by atomic mass is 10.1. The Morgan fingerprint density at radius 3 is 2.52 bits per heavy atom. The summed E-state index contributed by atoms with van der Waals surface area (Å²) < 4.78 is 11.1. The minimum absolute atomic E-state index is 0.0369. The second-order valence-corrected chi connectivity index (χ2v) is 8.64. The van der Waals surface area contributed by atoms with Crippen molar-refractivity contribution < 1.29 is 4.52 Å². The Kier molecular flexibility index (Phi) is 5.42. The van der Waals surface area contributed by atoms with Gasteiger partial charge in [0.1, 0.15) is 12.2 Å². The molecule has 3 heterocycles. The maximum Gasteiger partial charge on any atom is 0.274 e. The maximum atomic E-state index is 13.4. The zero-order chi connectivity index (χ0) is 22.9. The molecule has 1 unspecified atom stereocenters. The van der Waals surface area contributed by atoms with E-state index in [1.807, 2.05) is 78.5 Å². The molecule has 8 heteroatoms. The molecular formula is C25H26N6O2. The minimum Gasteiger partial charge on any atom is -0.359 e. The van der Waals surface area contributed by atoms with Gasteiger partial charge >= 0.3 is 0 Å². The van der Waals surface area contributed by atoms with Crippen LogP contribution in [-0.2, 0) is 13.1 Å². The molecular weight excluding hydrogens is 416 g/mol. The quantitative estimate of drug-likeness (QED) is 0.371. The van der Waals surface area contributed by atoms with Crippen molar-refractivity contribution >= 4 is 10.9 Å². The molecule has 1 atom stereocenters. The van der Waals surface area contributed by atoms with E-state index in [0.717, 1.165) is 22.5 Å². The van der Waals surface area contributed by atoms with E-state index in [2.05, 4.69) is 29.3 Å². The average Bonchev–Trinajstić information content (AvgIpc) is 3.54. The summed E-state index contributed by atoms with van der Waals surface area (Å²) in [7, 11) is 0. The number of nitrogens with zero attached hydrogens (tertiary/aromatic N) is 6. The van der Waals surface area contributed by atoms with Crippen LogP contribution in [0.25, 0.3) is 22.2 Å². The van der Waals surface area contributed by atoms with Gasteiger partial charge in [-0.25, -0.2) is 9.36 Å². The summed E-state index contributed by atoms with van der Waals surface area (Å²) in [5, 5.41) is 13.4. The van der Waals surface area contributed by atoms with E-state index >= 15 is 0 Å². The van der Waals surface area contributed by atoms with Gasteiger partial charge in [-0.15, -0.1) is 5.10 Å². The van der Waals surface area contributed by atoms with Crippen molar-refractivity contribution in [3.8, 4) is 11.3 Å². The van der Waals surface area contributed by atoms with Crippen LogP contribution in [0.3, 0.4) is 0 Å². The summed E-state index contributed by atoms with van der Waals surface area (Å²) in [6.45, 7) is 7.09. The van der Waals surface area contributed by atoms with Crippen molar-refractivity contribution in [2.75, 3.05) is 0 Å². The van der Waals surface area contributed by atoms with Crippen molar-refractivity contribution in [3.05, 3.63) is 88.7 Å². The number of benzene rings is 2. The highest BCUT2D eigenvalue weighted by molar-refractivity contribution is 5.78. The maximum absolute atomic E-state index is 13.4. The summed E-state index contributed by atoms with van der Waals surface area (Å²) in [5.41, 5.74) is 3.54. The Bertz CT molecular complexity index is 1440. The fraction of sp³-hybridized carbons (Fsp3) is 0.280. The van der Waals surface area contributed by atoms with Gasteiger partial charge in [0.15, 0.2) is 5.76 Å². The van der Waals surface area contributed by atoms with Gasteiger partial charge in [-0.2, -0.15) is 0 Å². The van der Waals surface area contributed by atoms with E-state index < -0.39 is 0 Å². The zero-order valence-corrected chi connectivity index (χ0v) is 18.9. The number of para-hydroxylation sites is 1. The molecule has 3 aromatic heterocycles. The Morgan fingerprint density at radius 2 is 1.76 bits per heavy atom. The highest BCUT2D eigenvalue weighted by atomic mass is 16.5. The van der Waals surface area contributed by atoms with Gasteiger partial charge in [0.2, 0.25) is 0 Å². The molecule has 0 aliphatic carbocycles. The largest absolute Gasteiger partial charge is 0.359 e. The number of fused-ring (bicyclic) bond motifs is 1. The predicted octanol–water partition coefficient (Wildman–Crippen LogP) is 4.48. The van der Waals surface area contributed by atoms with Crippen molar-refractivity contribution in [2.24, 2.45) is 0 Å². The van der Waals surface area contributed by atoms with E-state index in [0.29, 0.717) is 24.2 Å².